The first-order valence-corrected chi connectivity index (χ1v) is 8.78. The second kappa shape index (κ2) is 12.3. The van der Waals surface area contributed by atoms with Gasteiger partial charge in [-0.3, -0.25) is 4.99 Å². The molecule has 1 aromatic carbocycles. The fourth-order valence-corrected chi connectivity index (χ4v) is 2.35. The molecule has 1 heterocycles. The van der Waals surface area contributed by atoms with Crippen LogP contribution in [0.5, 0.6) is 5.75 Å². The molecule has 0 aliphatic rings. The van der Waals surface area contributed by atoms with Gasteiger partial charge in [-0.25, -0.2) is 4.98 Å². The Balaban J connectivity index is 0.00000312. The van der Waals surface area contributed by atoms with Gasteiger partial charge < -0.3 is 15.4 Å². The number of benzene rings is 1. The van der Waals surface area contributed by atoms with E-state index in [0.717, 1.165) is 34.7 Å². The second-order valence-electron chi connectivity index (χ2n) is 4.97. The second-order valence-corrected chi connectivity index (χ2v) is 6.27. The van der Waals surface area contributed by atoms with E-state index in [0.29, 0.717) is 18.3 Å². The molecule has 0 saturated heterocycles. The summed E-state index contributed by atoms with van der Waals surface area (Å²) in [5.41, 5.74) is 1.13. The first-order valence-electron chi connectivity index (χ1n) is 7.60. The maximum atomic E-state index is 5.77. The number of aliphatic imine (C=N–C) groups is 1. The summed E-state index contributed by atoms with van der Waals surface area (Å²) < 4.78 is 6.69. The Kier molecular flexibility index (Phi) is 10.8. The van der Waals surface area contributed by atoms with Crippen molar-refractivity contribution in [2.45, 2.75) is 6.42 Å². The Hall–Kier alpha value is -1.06. The Morgan fingerprint density at radius 1 is 1.16 bits per heavy atom. The summed E-state index contributed by atoms with van der Waals surface area (Å²) in [6, 6.07) is 11.5. The highest BCUT2D eigenvalue weighted by atomic mass is 127. The zero-order valence-electron chi connectivity index (χ0n) is 13.8. The molecule has 0 amide bonds. The normalized spacial score (nSPS) is 10.8. The molecule has 0 fully saturated rings. The van der Waals surface area contributed by atoms with Gasteiger partial charge in [-0.1, -0.05) is 33.6 Å². The highest BCUT2D eigenvalue weighted by Crippen LogP contribution is 2.15. The predicted octanol–water partition coefficient (Wildman–Crippen LogP) is 3.90. The van der Waals surface area contributed by atoms with Gasteiger partial charge >= 0.3 is 0 Å². The number of nitrogens with zero attached hydrogens (tertiary/aromatic N) is 2. The molecule has 0 bridgehead atoms. The predicted molar refractivity (Wildman–Crippen MR) is 117 cm³/mol. The van der Waals surface area contributed by atoms with E-state index >= 15 is 0 Å². The van der Waals surface area contributed by atoms with Crippen molar-refractivity contribution in [3.63, 3.8) is 0 Å². The Morgan fingerprint density at radius 3 is 2.52 bits per heavy atom. The van der Waals surface area contributed by atoms with Crippen molar-refractivity contribution in [1.29, 1.82) is 0 Å². The number of guanidine groups is 1. The van der Waals surface area contributed by atoms with E-state index in [4.69, 9.17) is 16.3 Å². The minimum atomic E-state index is 0. The van der Waals surface area contributed by atoms with Gasteiger partial charge in [0.05, 0.1) is 6.54 Å². The SMILES string of the molecule is CN=C(NCCOc1ccc(Br)cc1)NCCc1ccc(Cl)nc1.I. The first-order chi connectivity index (χ1) is 11.7. The van der Waals surface area contributed by atoms with Crippen LogP contribution in [0.2, 0.25) is 5.15 Å². The summed E-state index contributed by atoms with van der Waals surface area (Å²) in [5, 5.41) is 6.98. The molecule has 0 unspecified atom stereocenters. The number of ether oxygens (including phenoxy) is 1. The summed E-state index contributed by atoms with van der Waals surface area (Å²) in [6.07, 6.45) is 2.63. The molecule has 2 aromatic rings. The lowest BCUT2D eigenvalue weighted by Gasteiger charge is -2.12. The molecular formula is C17H21BrClIN4O. The molecule has 0 spiro atoms. The number of aromatic nitrogens is 1. The number of hydrogen-bond donors (Lipinski definition) is 2. The average Bonchev–Trinajstić information content (AvgIpc) is 2.60. The van der Waals surface area contributed by atoms with Crippen LogP contribution in [0.1, 0.15) is 5.56 Å². The van der Waals surface area contributed by atoms with E-state index in [1.54, 1.807) is 19.3 Å². The molecular weight excluding hydrogens is 518 g/mol. The lowest BCUT2D eigenvalue weighted by atomic mass is 10.2. The highest BCUT2D eigenvalue weighted by Gasteiger charge is 1.99. The van der Waals surface area contributed by atoms with Gasteiger partial charge in [-0.2, -0.15) is 0 Å². The van der Waals surface area contributed by atoms with Gasteiger partial charge in [0, 0.05) is 24.3 Å². The van der Waals surface area contributed by atoms with Gasteiger partial charge in [0.25, 0.3) is 0 Å². The van der Waals surface area contributed by atoms with Crippen molar-refractivity contribution in [2.75, 3.05) is 26.7 Å². The molecule has 0 atom stereocenters. The van der Waals surface area contributed by atoms with Crippen LogP contribution in [-0.4, -0.2) is 37.7 Å². The van der Waals surface area contributed by atoms with Gasteiger partial charge in [0.2, 0.25) is 0 Å². The minimum Gasteiger partial charge on any atom is -0.492 e. The smallest absolute Gasteiger partial charge is 0.191 e. The van der Waals surface area contributed by atoms with Crippen molar-refractivity contribution in [3.8, 4) is 5.75 Å². The summed E-state index contributed by atoms with van der Waals surface area (Å²) in [4.78, 5) is 8.25. The van der Waals surface area contributed by atoms with E-state index in [2.05, 4.69) is 36.5 Å². The van der Waals surface area contributed by atoms with E-state index in [-0.39, 0.29) is 24.0 Å². The van der Waals surface area contributed by atoms with E-state index in [9.17, 15) is 0 Å². The molecule has 0 saturated carbocycles. The van der Waals surface area contributed by atoms with Gasteiger partial charge in [0.1, 0.15) is 17.5 Å². The molecule has 2 N–H and O–H groups in total. The molecule has 0 radical (unpaired) electrons. The van der Waals surface area contributed by atoms with Crippen LogP contribution < -0.4 is 15.4 Å². The lowest BCUT2D eigenvalue weighted by Crippen LogP contribution is -2.40. The Bertz CT molecular complexity index is 653. The van der Waals surface area contributed by atoms with Crippen molar-refractivity contribution >= 4 is 57.5 Å². The van der Waals surface area contributed by atoms with Crippen LogP contribution in [-0.2, 0) is 6.42 Å². The molecule has 8 heteroatoms. The fourth-order valence-electron chi connectivity index (χ4n) is 1.97. The third kappa shape index (κ3) is 8.73. The van der Waals surface area contributed by atoms with Crippen molar-refractivity contribution in [3.05, 3.63) is 57.8 Å². The molecule has 1 aromatic heterocycles. The highest BCUT2D eigenvalue weighted by molar-refractivity contribution is 14.0. The maximum Gasteiger partial charge on any atom is 0.191 e. The molecule has 25 heavy (non-hydrogen) atoms. The van der Waals surface area contributed by atoms with Crippen molar-refractivity contribution < 1.29 is 4.74 Å². The largest absolute Gasteiger partial charge is 0.492 e. The fraction of sp³-hybridized carbons (Fsp3) is 0.294. The molecule has 2 rings (SSSR count). The van der Waals surface area contributed by atoms with E-state index < -0.39 is 0 Å². The van der Waals surface area contributed by atoms with Crippen LogP contribution in [0.4, 0.5) is 0 Å². The van der Waals surface area contributed by atoms with E-state index in [1.165, 1.54) is 0 Å². The summed E-state index contributed by atoms with van der Waals surface area (Å²) in [5.74, 6) is 1.59. The Labute approximate surface area is 178 Å². The van der Waals surface area contributed by atoms with Gasteiger partial charge in [-0.05, 0) is 42.3 Å². The summed E-state index contributed by atoms with van der Waals surface area (Å²) in [7, 11) is 1.74. The molecule has 0 aliphatic carbocycles. The third-order valence-corrected chi connectivity index (χ3v) is 3.95. The number of halogens is 3. The van der Waals surface area contributed by atoms with Crippen LogP contribution in [0.3, 0.4) is 0 Å². The number of pyridine rings is 1. The molecule has 0 aliphatic heterocycles. The zero-order valence-corrected chi connectivity index (χ0v) is 18.5. The molecule has 136 valence electrons. The number of nitrogens with one attached hydrogen (secondary N) is 2. The van der Waals surface area contributed by atoms with Crippen LogP contribution in [0.25, 0.3) is 0 Å². The number of rotatable bonds is 7. The number of hydrogen-bond acceptors (Lipinski definition) is 3. The topological polar surface area (TPSA) is 58.5 Å². The average molecular weight is 540 g/mol. The zero-order chi connectivity index (χ0) is 17.2. The quantitative estimate of drug-likeness (QED) is 0.184. The lowest BCUT2D eigenvalue weighted by molar-refractivity contribution is 0.322. The van der Waals surface area contributed by atoms with Crippen molar-refractivity contribution in [2.24, 2.45) is 4.99 Å². The standard InChI is InChI=1S/C17H20BrClN4O.HI/c1-20-17(21-9-8-13-2-7-16(19)23-12-13)22-10-11-24-15-5-3-14(18)4-6-15;/h2-7,12H,8-11H2,1H3,(H2,20,21,22);1H. The summed E-state index contributed by atoms with van der Waals surface area (Å²) in [6.45, 7) is 1.98. The monoisotopic (exact) mass is 538 g/mol. The van der Waals surface area contributed by atoms with Crippen LogP contribution in [0, 0.1) is 0 Å². The van der Waals surface area contributed by atoms with Crippen LogP contribution >= 0.6 is 51.5 Å². The van der Waals surface area contributed by atoms with Gasteiger partial charge in [-0.15, -0.1) is 24.0 Å². The molecule has 5 nitrogen and oxygen atoms in total. The van der Waals surface area contributed by atoms with Gasteiger partial charge in [0.15, 0.2) is 5.96 Å². The maximum absolute atomic E-state index is 5.77. The third-order valence-electron chi connectivity index (χ3n) is 3.20. The van der Waals surface area contributed by atoms with E-state index in [1.807, 2.05) is 30.3 Å². The summed E-state index contributed by atoms with van der Waals surface area (Å²) >= 11 is 9.17. The van der Waals surface area contributed by atoms with Crippen LogP contribution in [0.15, 0.2) is 52.1 Å². The minimum absolute atomic E-state index is 0. The first kappa shape index (κ1) is 22.0. The van der Waals surface area contributed by atoms with Crippen molar-refractivity contribution in [1.82, 2.24) is 15.6 Å². The Morgan fingerprint density at radius 2 is 1.88 bits per heavy atom.